The quantitative estimate of drug-likeness (QED) is 0.249. The van der Waals surface area contributed by atoms with Gasteiger partial charge in [-0.2, -0.15) is 0 Å². The van der Waals surface area contributed by atoms with Crippen molar-refractivity contribution >= 4 is 46.1 Å². The summed E-state index contributed by atoms with van der Waals surface area (Å²) in [5.74, 6) is -0.0565. The normalized spacial score (nSPS) is 20.1. The van der Waals surface area contributed by atoms with Crippen molar-refractivity contribution in [1.82, 2.24) is 0 Å². The molecule has 0 bridgehead atoms. The van der Waals surface area contributed by atoms with Gasteiger partial charge < -0.3 is 5.11 Å². The first-order valence-electron chi connectivity index (χ1n) is 16.3. The van der Waals surface area contributed by atoms with Gasteiger partial charge in [0.1, 0.15) is 5.75 Å². The maximum Gasteiger partial charge on any atom is 0.193 e. The number of carbonyl (C=O) groups is 2. The Morgan fingerprint density at radius 2 is 1.76 bits per heavy atom. The number of ketones is 2. The van der Waals surface area contributed by atoms with Crippen molar-refractivity contribution in [2.24, 2.45) is 5.41 Å². The standard InChI is InChI=1S/C42H34O3/c1-5-8-22-15-30-38-27(14-13-21-9-7-10-26(22)35(21)38)37-29-16-23-11-12-24-19-42(3,4)20-25-17-33(44)40(36(23)34(24)25)39(29)28(32(43)6-2)18-31(37)41(30)45/h7,9-20,23,27,44H,5-6,8H2,1-4H3. The summed E-state index contributed by atoms with van der Waals surface area (Å²) in [6.07, 6.45) is 17.8. The topological polar surface area (TPSA) is 54.4 Å². The third-order valence-electron chi connectivity index (χ3n) is 10.6. The number of Topliss-reactive ketones (excluding diaryl/α,β-unsaturated/α-hetero) is 1. The first-order chi connectivity index (χ1) is 21.7. The molecule has 0 aromatic heterocycles. The SMILES string of the molecule is CCCc1cc2c3c4c(cccc14)C=CC3c1c(cc(C(=O)CC)c3c1=CC1C=CC4=CC(C)(C)C=c5cc(O)c=3c1c54)C2=O. The third kappa shape index (κ3) is 3.41. The number of carbonyl (C=O) groups excluding carboxylic acids is 2. The number of allylic oxidation sites excluding steroid dienone is 5. The lowest BCUT2D eigenvalue weighted by Gasteiger charge is -2.34. The number of rotatable bonds is 4. The van der Waals surface area contributed by atoms with E-state index < -0.39 is 0 Å². The predicted molar refractivity (Wildman–Crippen MR) is 181 cm³/mol. The van der Waals surface area contributed by atoms with Crippen LogP contribution in [0, 0.1) is 15.9 Å². The molecule has 5 aliphatic rings. The van der Waals surface area contributed by atoms with Gasteiger partial charge in [-0.15, -0.1) is 0 Å². The van der Waals surface area contributed by atoms with Crippen molar-refractivity contribution in [2.45, 2.75) is 58.8 Å². The van der Waals surface area contributed by atoms with Gasteiger partial charge in [0, 0.05) is 50.8 Å². The van der Waals surface area contributed by atoms with Crippen LogP contribution in [0.3, 0.4) is 0 Å². The molecule has 5 aliphatic carbocycles. The second-order valence-corrected chi connectivity index (χ2v) is 13.9. The highest BCUT2D eigenvalue weighted by Gasteiger charge is 2.38. The molecule has 0 radical (unpaired) electrons. The van der Waals surface area contributed by atoms with E-state index in [1.54, 1.807) is 0 Å². The monoisotopic (exact) mass is 586 g/mol. The van der Waals surface area contributed by atoms with Crippen molar-refractivity contribution in [2.75, 3.05) is 0 Å². The van der Waals surface area contributed by atoms with Crippen LogP contribution >= 0.6 is 0 Å². The smallest absolute Gasteiger partial charge is 0.193 e. The zero-order valence-electron chi connectivity index (χ0n) is 26.0. The molecular formula is C42H34O3. The molecule has 2 unspecified atom stereocenters. The lowest BCUT2D eigenvalue weighted by atomic mass is 9.68. The minimum absolute atomic E-state index is 0.0105. The van der Waals surface area contributed by atoms with E-state index in [0.717, 1.165) is 72.7 Å². The number of hydrogen-bond donors (Lipinski definition) is 1. The van der Waals surface area contributed by atoms with E-state index in [1.165, 1.54) is 16.3 Å². The first-order valence-corrected chi connectivity index (χ1v) is 16.3. The van der Waals surface area contributed by atoms with Crippen LogP contribution in [0.1, 0.15) is 112 Å². The lowest BCUT2D eigenvalue weighted by molar-refractivity contribution is 0.0987. The molecule has 0 heterocycles. The summed E-state index contributed by atoms with van der Waals surface area (Å²) in [7, 11) is 0. The highest BCUT2D eigenvalue weighted by atomic mass is 16.3. The predicted octanol–water partition coefficient (Wildman–Crippen LogP) is 7.73. The van der Waals surface area contributed by atoms with Crippen molar-refractivity contribution in [1.29, 1.82) is 0 Å². The summed E-state index contributed by atoms with van der Waals surface area (Å²) < 4.78 is 0. The molecule has 9 rings (SSSR count). The third-order valence-corrected chi connectivity index (χ3v) is 10.6. The minimum Gasteiger partial charge on any atom is -0.507 e. The van der Waals surface area contributed by atoms with E-state index >= 15 is 0 Å². The number of aryl methyl sites for hydroxylation is 1. The summed E-state index contributed by atoms with van der Waals surface area (Å²) in [4.78, 5) is 28.4. The fourth-order valence-electron chi connectivity index (χ4n) is 8.92. The largest absolute Gasteiger partial charge is 0.507 e. The van der Waals surface area contributed by atoms with Gasteiger partial charge in [0.25, 0.3) is 0 Å². The Morgan fingerprint density at radius 3 is 2.56 bits per heavy atom. The van der Waals surface area contributed by atoms with Crippen LogP contribution in [0.2, 0.25) is 0 Å². The number of benzene rings is 4. The average Bonchev–Trinajstić information content (AvgIpc) is 3.02. The molecule has 45 heavy (non-hydrogen) atoms. The Bertz CT molecular complexity index is 2450. The molecule has 0 saturated heterocycles. The van der Waals surface area contributed by atoms with Gasteiger partial charge in [-0.25, -0.2) is 0 Å². The second-order valence-electron chi connectivity index (χ2n) is 13.9. The Morgan fingerprint density at radius 1 is 0.933 bits per heavy atom. The van der Waals surface area contributed by atoms with E-state index in [1.807, 2.05) is 19.1 Å². The first kappa shape index (κ1) is 26.6. The minimum atomic E-state index is -0.140. The molecular weight excluding hydrogens is 552 g/mol. The average molecular weight is 587 g/mol. The van der Waals surface area contributed by atoms with Gasteiger partial charge in [0.15, 0.2) is 11.6 Å². The van der Waals surface area contributed by atoms with E-state index in [2.05, 4.69) is 87.6 Å². The second kappa shape index (κ2) is 8.91. The zero-order valence-corrected chi connectivity index (χ0v) is 26.0. The highest BCUT2D eigenvalue weighted by molar-refractivity contribution is 6.18. The number of phenols is 1. The van der Waals surface area contributed by atoms with E-state index in [4.69, 9.17) is 0 Å². The molecule has 0 amide bonds. The van der Waals surface area contributed by atoms with Gasteiger partial charge in [0.2, 0.25) is 0 Å². The molecule has 0 spiro atoms. The van der Waals surface area contributed by atoms with Crippen LogP contribution in [0.4, 0.5) is 0 Å². The van der Waals surface area contributed by atoms with Crippen LogP contribution in [-0.4, -0.2) is 16.7 Å². The number of fused-ring (bicyclic) bond motifs is 4. The highest BCUT2D eigenvalue weighted by Crippen LogP contribution is 2.47. The lowest BCUT2D eigenvalue weighted by Crippen LogP contribution is -2.33. The van der Waals surface area contributed by atoms with Crippen LogP contribution in [0.25, 0.3) is 34.6 Å². The Balaban J connectivity index is 1.48. The van der Waals surface area contributed by atoms with Crippen molar-refractivity contribution in [3.63, 3.8) is 0 Å². The molecule has 0 fully saturated rings. The van der Waals surface area contributed by atoms with Crippen molar-refractivity contribution in [3.8, 4) is 5.75 Å². The fourth-order valence-corrected chi connectivity index (χ4v) is 8.92. The molecule has 220 valence electrons. The molecule has 0 saturated carbocycles. The maximum absolute atomic E-state index is 14.6. The number of hydrogen-bond acceptors (Lipinski definition) is 3. The Kier molecular flexibility index (Phi) is 5.27. The summed E-state index contributed by atoms with van der Waals surface area (Å²) in [5, 5.41) is 17.7. The van der Waals surface area contributed by atoms with Gasteiger partial charge in [-0.1, -0.05) is 94.8 Å². The van der Waals surface area contributed by atoms with E-state index in [-0.39, 0.29) is 34.6 Å². The van der Waals surface area contributed by atoms with Crippen LogP contribution < -0.4 is 10.4 Å². The number of phenolic OH excluding ortho intramolecular Hbond substituents is 1. The Labute approximate surface area is 261 Å². The van der Waals surface area contributed by atoms with Crippen LogP contribution in [0.15, 0.2) is 60.7 Å². The van der Waals surface area contributed by atoms with Crippen molar-refractivity contribution < 1.29 is 14.7 Å². The maximum atomic E-state index is 14.6. The van der Waals surface area contributed by atoms with E-state index in [0.29, 0.717) is 17.5 Å². The molecule has 1 N–H and O–H groups in total. The summed E-state index contributed by atoms with van der Waals surface area (Å²) in [6.45, 7) is 8.40. The fraction of sp³-hybridized carbons (Fsp3) is 0.238. The van der Waals surface area contributed by atoms with Crippen molar-refractivity contribution in [3.05, 3.63) is 132 Å². The molecule has 3 nitrogen and oxygen atoms in total. The van der Waals surface area contributed by atoms with Gasteiger partial charge >= 0.3 is 0 Å². The summed E-state index contributed by atoms with van der Waals surface area (Å²) >= 11 is 0. The molecule has 2 atom stereocenters. The zero-order chi connectivity index (χ0) is 30.9. The summed E-state index contributed by atoms with van der Waals surface area (Å²) in [6, 6.07) is 12.3. The molecule has 3 heteroatoms. The van der Waals surface area contributed by atoms with Crippen LogP contribution in [-0.2, 0) is 6.42 Å². The number of aromatic hydroxyl groups is 1. The Hall–Kier alpha value is -4.76. The molecule has 4 aromatic rings. The van der Waals surface area contributed by atoms with Gasteiger partial charge in [-0.3, -0.25) is 9.59 Å². The molecule has 4 aromatic carbocycles. The van der Waals surface area contributed by atoms with Crippen LogP contribution in [0.5, 0.6) is 5.75 Å². The van der Waals surface area contributed by atoms with Gasteiger partial charge in [0.05, 0.1) is 0 Å². The summed E-state index contributed by atoms with van der Waals surface area (Å²) in [5.41, 5.74) is 9.49. The van der Waals surface area contributed by atoms with Gasteiger partial charge in [-0.05, 0) is 84.8 Å². The van der Waals surface area contributed by atoms with E-state index in [9.17, 15) is 14.7 Å². The molecule has 0 aliphatic heterocycles.